The van der Waals surface area contributed by atoms with Crippen molar-refractivity contribution < 1.29 is 14.9 Å². The predicted octanol–water partition coefficient (Wildman–Crippen LogP) is 3.64. The maximum absolute atomic E-state index is 10.4. The van der Waals surface area contributed by atoms with Crippen molar-refractivity contribution >= 4 is 15.9 Å². The van der Waals surface area contributed by atoms with Gasteiger partial charge in [0.25, 0.3) is 0 Å². The molecule has 2 aliphatic rings. The van der Waals surface area contributed by atoms with Gasteiger partial charge in [-0.3, -0.25) is 0 Å². The lowest BCUT2D eigenvalue weighted by atomic mass is 9.87. The van der Waals surface area contributed by atoms with Crippen LogP contribution in [-0.2, 0) is 0 Å². The minimum absolute atomic E-state index is 0.00359. The highest BCUT2D eigenvalue weighted by Gasteiger charge is 2.48. The number of aliphatic hydroxyl groups excluding tert-OH is 2. The van der Waals surface area contributed by atoms with Crippen molar-refractivity contribution in [3.8, 4) is 17.6 Å². The third kappa shape index (κ3) is 3.26. The average molecular weight is 391 g/mol. The molecule has 3 rings (SSSR count). The molecule has 2 N–H and O–H groups in total. The van der Waals surface area contributed by atoms with Gasteiger partial charge in [-0.05, 0) is 34.8 Å². The van der Waals surface area contributed by atoms with Gasteiger partial charge in [0.15, 0.2) is 0 Å². The molecule has 0 spiro atoms. The molecule has 0 bridgehead atoms. The highest BCUT2D eigenvalue weighted by molar-refractivity contribution is 9.10. The number of hydrogen-bond donors (Lipinski definition) is 2. The summed E-state index contributed by atoms with van der Waals surface area (Å²) in [6.07, 6.45) is 4.07. The summed E-state index contributed by atoms with van der Waals surface area (Å²) in [4.78, 5) is 0. The van der Waals surface area contributed by atoms with E-state index in [1.807, 2.05) is 31.2 Å². The van der Waals surface area contributed by atoms with E-state index in [1.165, 1.54) is 0 Å². The van der Waals surface area contributed by atoms with Gasteiger partial charge in [0.05, 0.1) is 16.7 Å². The van der Waals surface area contributed by atoms with E-state index in [-0.39, 0.29) is 23.9 Å². The minimum atomic E-state index is -0.554. The summed E-state index contributed by atoms with van der Waals surface area (Å²) in [5, 5.41) is 20.7. The standard InChI is InChI=1S/C20H23BrO3/c1-3-4-6-12(2)16(22)10-9-13-17(23)11-18-19(13)14-7-5-8-15(21)20(14)24-18/h5,7-10,12-13,16-19,22-23H,6,11H2,1-2H3/b10-9+/t12-,13?,16+,17?,18?,19?/m0/s1. The zero-order valence-corrected chi connectivity index (χ0v) is 15.5. The maximum Gasteiger partial charge on any atom is 0.137 e. The van der Waals surface area contributed by atoms with Gasteiger partial charge >= 0.3 is 0 Å². The van der Waals surface area contributed by atoms with Crippen LogP contribution in [0.3, 0.4) is 0 Å². The maximum atomic E-state index is 10.4. The Labute approximate surface area is 151 Å². The zero-order valence-electron chi connectivity index (χ0n) is 13.9. The average Bonchev–Trinajstić information content (AvgIpc) is 3.06. The minimum Gasteiger partial charge on any atom is -0.488 e. The summed E-state index contributed by atoms with van der Waals surface area (Å²) in [7, 11) is 0. The molecule has 24 heavy (non-hydrogen) atoms. The third-order valence-electron chi connectivity index (χ3n) is 5.07. The highest BCUT2D eigenvalue weighted by Crippen LogP contribution is 2.52. The van der Waals surface area contributed by atoms with Gasteiger partial charge in [-0.15, -0.1) is 11.8 Å². The fourth-order valence-electron chi connectivity index (χ4n) is 3.69. The first-order valence-electron chi connectivity index (χ1n) is 8.42. The van der Waals surface area contributed by atoms with E-state index < -0.39 is 12.2 Å². The van der Waals surface area contributed by atoms with Gasteiger partial charge < -0.3 is 14.9 Å². The molecule has 4 heteroatoms. The van der Waals surface area contributed by atoms with Crippen LogP contribution in [0, 0.1) is 23.7 Å². The molecule has 1 fully saturated rings. The molecule has 0 aromatic heterocycles. The van der Waals surface area contributed by atoms with Gasteiger partial charge in [-0.25, -0.2) is 0 Å². The number of aliphatic hydroxyl groups is 2. The Kier molecular flexibility index (Phi) is 5.34. The van der Waals surface area contributed by atoms with Crippen molar-refractivity contribution in [2.24, 2.45) is 11.8 Å². The van der Waals surface area contributed by atoms with Gasteiger partial charge in [-0.1, -0.05) is 31.2 Å². The Morgan fingerprint density at radius 3 is 3.00 bits per heavy atom. The molecule has 4 unspecified atom stereocenters. The zero-order chi connectivity index (χ0) is 17.3. The first-order valence-corrected chi connectivity index (χ1v) is 9.21. The van der Waals surface area contributed by atoms with Gasteiger partial charge in [-0.2, -0.15) is 0 Å². The highest BCUT2D eigenvalue weighted by atomic mass is 79.9. The first-order chi connectivity index (χ1) is 11.5. The number of benzene rings is 1. The van der Waals surface area contributed by atoms with Crippen LogP contribution >= 0.6 is 15.9 Å². The summed E-state index contributed by atoms with van der Waals surface area (Å²) in [6.45, 7) is 3.79. The monoisotopic (exact) mass is 390 g/mol. The molecule has 1 aromatic rings. The van der Waals surface area contributed by atoms with Crippen molar-refractivity contribution in [1.82, 2.24) is 0 Å². The normalized spacial score (nSPS) is 30.2. The van der Waals surface area contributed by atoms with Crippen LogP contribution in [0.25, 0.3) is 0 Å². The quantitative estimate of drug-likeness (QED) is 0.609. The summed E-state index contributed by atoms with van der Waals surface area (Å²) in [5.74, 6) is 6.93. The van der Waals surface area contributed by atoms with Crippen LogP contribution in [0.4, 0.5) is 0 Å². The van der Waals surface area contributed by atoms with Crippen LogP contribution in [-0.4, -0.2) is 28.5 Å². The topological polar surface area (TPSA) is 49.7 Å². The van der Waals surface area contributed by atoms with Crippen molar-refractivity contribution in [2.45, 2.75) is 50.9 Å². The lowest BCUT2D eigenvalue weighted by Crippen LogP contribution is -2.19. The lowest BCUT2D eigenvalue weighted by molar-refractivity contribution is 0.134. The molecular formula is C20H23BrO3. The molecule has 1 saturated carbocycles. The molecule has 1 aromatic carbocycles. The van der Waals surface area contributed by atoms with Crippen LogP contribution < -0.4 is 4.74 Å². The number of hydrogen-bond acceptors (Lipinski definition) is 3. The first kappa shape index (κ1) is 17.5. The van der Waals surface area contributed by atoms with Crippen molar-refractivity contribution in [3.05, 3.63) is 40.4 Å². The van der Waals surface area contributed by atoms with E-state index >= 15 is 0 Å². The number of para-hydroxylation sites is 1. The number of halogens is 1. The second kappa shape index (κ2) is 7.31. The summed E-state index contributed by atoms with van der Waals surface area (Å²) >= 11 is 3.54. The summed E-state index contributed by atoms with van der Waals surface area (Å²) < 4.78 is 7.01. The molecule has 0 saturated heterocycles. The summed E-state index contributed by atoms with van der Waals surface area (Å²) in [6, 6.07) is 6.04. The van der Waals surface area contributed by atoms with E-state index in [0.717, 1.165) is 15.8 Å². The summed E-state index contributed by atoms with van der Waals surface area (Å²) in [5.41, 5.74) is 1.14. The van der Waals surface area contributed by atoms with Crippen LogP contribution in [0.5, 0.6) is 5.75 Å². The fourth-order valence-corrected chi connectivity index (χ4v) is 4.16. The molecule has 0 radical (unpaired) electrons. The SMILES string of the molecule is CC#CC[C@H](C)[C@H](O)/C=C/C1C(O)CC2Oc3c(Br)cccc3C21. The third-order valence-corrected chi connectivity index (χ3v) is 5.70. The number of rotatable bonds is 4. The van der Waals surface area contributed by atoms with Crippen LogP contribution in [0.1, 0.15) is 38.2 Å². The smallest absolute Gasteiger partial charge is 0.137 e. The van der Waals surface area contributed by atoms with Crippen LogP contribution in [0.15, 0.2) is 34.8 Å². The van der Waals surface area contributed by atoms with E-state index in [9.17, 15) is 10.2 Å². The van der Waals surface area contributed by atoms with Crippen LogP contribution in [0.2, 0.25) is 0 Å². The Morgan fingerprint density at radius 1 is 1.46 bits per heavy atom. The second-order valence-electron chi connectivity index (χ2n) is 6.70. The molecular weight excluding hydrogens is 368 g/mol. The largest absolute Gasteiger partial charge is 0.488 e. The van der Waals surface area contributed by atoms with Gasteiger partial charge in [0, 0.05) is 30.2 Å². The fraction of sp³-hybridized carbons (Fsp3) is 0.500. The number of fused-ring (bicyclic) bond motifs is 3. The molecule has 0 amide bonds. The predicted molar refractivity (Wildman–Crippen MR) is 97.8 cm³/mol. The Balaban J connectivity index is 1.77. The van der Waals surface area contributed by atoms with E-state index in [2.05, 4.69) is 33.8 Å². The van der Waals surface area contributed by atoms with Crippen molar-refractivity contribution in [2.75, 3.05) is 0 Å². The number of ether oxygens (including phenoxy) is 1. The molecule has 1 aliphatic carbocycles. The lowest BCUT2D eigenvalue weighted by Gasteiger charge is -2.19. The Morgan fingerprint density at radius 2 is 2.25 bits per heavy atom. The Bertz CT molecular complexity index is 688. The molecule has 1 aliphatic heterocycles. The molecule has 1 heterocycles. The van der Waals surface area contributed by atoms with E-state index in [4.69, 9.17) is 4.74 Å². The molecule has 6 atom stereocenters. The molecule has 128 valence electrons. The van der Waals surface area contributed by atoms with E-state index in [1.54, 1.807) is 6.92 Å². The van der Waals surface area contributed by atoms with Gasteiger partial charge in [0.2, 0.25) is 0 Å². The van der Waals surface area contributed by atoms with Crippen molar-refractivity contribution in [1.29, 1.82) is 0 Å². The van der Waals surface area contributed by atoms with Crippen molar-refractivity contribution in [3.63, 3.8) is 0 Å². The van der Waals surface area contributed by atoms with E-state index in [0.29, 0.717) is 12.8 Å². The second-order valence-corrected chi connectivity index (χ2v) is 7.56. The Hall–Kier alpha value is -1.28. The van der Waals surface area contributed by atoms with Gasteiger partial charge in [0.1, 0.15) is 11.9 Å². The molecule has 3 nitrogen and oxygen atoms in total.